The number of allylic oxidation sites excluding steroid dienone is 15. The van der Waals surface area contributed by atoms with Crippen LogP contribution in [0, 0.1) is 0 Å². The van der Waals surface area contributed by atoms with E-state index >= 15 is 0 Å². The van der Waals surface area contributed by atoms with Gasteiger partial charge in [-0.1, -0.05) is 147 Å². The summed E-state index contributed by atoms with van der Waals surface area (Å²) in [6.45, 7) is 18.2. The molecule has 0 saturated heterocycles. The van der Waals surface area contributed by atoms with Crippen molar-refractivity contribution in [1.29, 1.82) is 0 Å². The van der Waals surface area contributed by atoms with Crippen molar-refractivity contribution in [1.82, 2.24) is 0 Å². The first-order valence-corrected chi connectivity index (χ1v) is 12.6. The Morgan fingerprint density at radius 1 is 0.622 bits per heavy atom. The summed E-state index contributed by atoms with van der Waals surface area (Å²) in [5.41, 5.74) is 9.36. The molecule has 0 heteroatoms. The lowest BCUT2D eigenvalue weighted by atomic mass is 9.78. The molecule has 0 aromatic heterocycles. The summed E-state index contributed by atoms with van der Waals surface area (Å²) in [5.74, 6) is 0. The highest BCUT2D eigenvalue weighted by Crippen LogP contribution is 2.46. The van der Waals surface area contributed by atoms with Crippen molar-refractivity contribution in [3.05, 3.63) is 164 Å². The summed E-state index contributed by atoms with van der Waals surface area (Å²) in [4.78, 5) is 0. The number of hydrogen-bond donors (Lipinski definition) is 0. The molecule has 0 nitrogen and oxygen atoms in total. The van der Waals surface area contributed by atoms with E-state index in [1.807, 2.05) is 37.3 Å². The zero-order valence-electron chi connectivity index (χ0n) is 22.2. The molecular formula is C37H36. The fraction of sp³-hybridized carbons (Fsp3) is 0.0811. The minimum Gasteiger partial charge on any atom is -0.0991 e. The first-order chi connectivity index (χ1) is 18.1. The molecule has 0 unspecified atom stereocenters. The van der Waals surface area contributed by atoms with Crippen molar-refractivity contribution in [2.75, 3.05) is 0 Å². The van der Waals surface area contributed by atoms with Gasteiger partial charge in [0.2, 0.25) is 0 Å². The average molecular weight is 481 g/mol. The van der Waals surface area contributed by atoms with Gasteiger partial charge in [0, 0.05) is 0 Å². The topological polar surface area (TPSA) is 0 Å². The Morgan fingerprint density at radius 2 is 1.22 bits per heavy atom. The normalized spacial score (nSPS) is 13.2. The van der Waals surface area contributed by atoms with E-state index in [0.717, 1.165) is 16.7 Å². The molecule has 3 aromatic rings. The molecule has 0 amide bonds. The van der Waals surface area contributed by atoms with Crippen LogP contribution in [0.15, 0.2) is 147 Å². The van der Waals surface area contributed by atoms with Crippen LogP contribution >= 0.6 is 0 Å². The lowest BCUT2D eigenvalue weighted by Crippen LogP contribution is -2.03. The molecule has 3 rings (SSSR count). The summed E-state index contributed by atoms with van der Waals surface area (Å²) in [6.07, 6.45) is 24.4. The fourth-order valence-corrected chi connectivity index (χ4v) is 4.67. The molecule has 37 heavy (non-hydrogen) atoms. The molecule has 0 spiro atoms. The van der Waals surface area contributed by atoms with Crippen molar-refractivity contribution in [2.45, 2.75) is 20.8 Å². The van der Waals surface area contributed by atoms with Gasteiger partial charge in [-0.15, -0.1) is 0 Å². The highest BCUT2D eigenvalue weighted by atomic mass is 14.3. The van der Waals surface area contributed by atoms with Gasteiger partial charge in [0.05, 0.1) is 0 Å². The predicted molar refractivity (Wildman–Crippen MR) is 168 cm³/mol. The van der Waals surface area contributed by atoms with Crippen molar-refractivity contribution in [3.63, 3.8) is 0 Å². The van der Waals surface area contributed by atoms with Crippen LogP contribution in [-0.2, 0) is 0 Å². The molecule has 0 aliphatic heterocycles. The molecule has 0 aliphatic rings. The molecule has 0 bridgehead atoms. The molecule has 3 aromatic carbocycles. The SMILES string of the molecule is C=C/C=C\C(=C/C)c1c(-c2ccccc2)c(C(/C=C\C=C)=C/C=C)c2ccccc2c1/C(C)=C/C=C\C. The summed E-state index contributed by atoms with van der Waals surface area (Å²) in [7, 11) is 0. The van der Waals surface area contributed by atoms with Gasteiger partial charge in [0.25, 0.3) is 0 Å². The Labute approximate surface area is 223 Å². The molecular weight excluding hydrogens is 444 g/mol. The van der Waals surface area contributed by atoms with E-state index in [9.17, 15) is 0 Å². The lowest BCUT2D eigenvalue weighted by molar-refractivity contribution is 1.50. The van der Waals surface area contributed by atoms with Crippen LogP contribution in [0.25, 0.3) is 38.6 Å². The molecule has 0 heterocycles. The number of benzene rings is 3. The van der Waals surface area contributed by atoms with Crippen LogP contribution in [0.2, 0.25) is 0 Å². The van der Waals surface area contributed by atoms with E-state index in [0.29, 0.717) is 0 Å². The van der Waals surface area contributed by atoms with Crippen LogP contribution in [0.3, 0.4) is 0 Å². The van der Waals surface area contributed by atoms with Gasteiger partial charge >= 0.3 is 0 Å². The number of hydrogen-bond acceptors (Lipinski definition) is 0. The van der Waals surface area contributed by atoms with Crippen LogP contribution in [-0.4, -0.2) is 0 Å². The summed E-state index contributed by atoms with van der Waals surface area (Å²) < 4.78 is 0. The monoisotopic (exact) mass is 480 g/mol. The molecule has 0 N–H and O–H groups in total. The van der Waals surface area contributed by atoms with Crippen LogP contribution in [0.4, 0.5) is 0 Å². The highest BCUT2D eigenvalue weighted by Gasteiger charge is 2.23. The zero-order valence-corrected chi connectivity index (χ0v) is 22.2. The number of fused-ring (bicyclic) bond motifs is 1. The van der Waals surface area contributed by atoms with Crippen molar-refractivity contribution < 1.29 is 0 Å². The average Bonchev–Trinajstić information content (AvgIpc) is 2.94. The van der Waals surface area contributed by atoms with E-state index < -0.39 is 0 Å². The third-order valence-corrected chi connectivity index (χ3v) is 6.22. The minimum atomic E-state index is 1.08. The molecule has 184 valence electrons. The summed E-state index contributed by atoms with van der Waals surface area (Å²) in [6, 6.07) is 19.3. The van der Waals surface area contributed by atoms with Gasteiger partial charge in [0.1, 0.15) is 0 Å². The maximum absolute atomic E-state index is 4.02. The maximum atomic E-state index is 4.02. The molecule has 0 saturated carbocycles. The van der Waals surface area contributed by atoms with Gasteiger partial charge in [-0.2, -0.15) is 0 Å². The second-order valence-corrected chi connectivity index (χ2v) is 8.58. The third-order valence-electron chi connectivity index (χ3n) is 6.22. The van der Waals surface area contributed by atoms with Crippen molar-refractivity contribution >= 4 is 27.5 Å². The quantitative estimate of drug-likeness (QED) is 0.253. The van der Waals surface area contributed by atoms with Crippen LogP contribution in [0.5, 0.6) is 0 Å². The lowest BCUT2D eigenvalue weighted by Gasteiger charge is -2.25. The molecule has 0 atom stereocenters. The predicted octanol–water partition coefficient (Wildman–Crippen LogP) is 10.9. The van der Waals surface area contributed by atoms with Gasteiger partial charge in [-0.25, -0.2) is 0 Å². The Balaban J connectivity index is 2.76. The Kier molecular flexibility index (Phi) is 10.00. The van der Waals surface area contributed by atoms with Crippen molar-refractivity contribution in [2.24, 2.45) is 0 Å². The van der Waals surface area contributed by atoms with Crippen LogP contribution < -0.4 is 0 Å². The van der Waals surface area contributed by atoms with E-state index in [4.69, 9.17) is 0 Å². The molecule has 0 fully saturated rings. The molecule has 0 radical (unpaired) electrons. The minimum absolute atomic E-state index is 1.08. The first-order valence-electron chi connectivity index (χ1n) is 12.6. The van der Waals surface area contributed by atoms with Gasteiger partial charge in [-0.05, 0) is 76.1 Å². The highest BCUT2D eigenvalue weighted by molar-refractivity contribution is 6.12. The first kappa shape index (κ1) is 27.2. The second-order valence-electron chi connectivity index (χ2n) is 8.58. The van der Waals surface area contributed by atoms with E-state index in [1.54, 1.807) is 0 Å². The van der Waals surface area contributed by atoms with Crippen molar-refractivity contribution in [3.8, 4) is 11.1 Å². The largest absolute Gasteiger partial charge is 0.0991 e. The Bertz CT molecular complexity index is 1460. The smallest absolute Gasteiger partial charge is 0.00143 e. The van der Waals surface area contributed by atoms with Crippen LogP contribution in [0.1, 0.15) is 37.5 Å². The van der Waals surface area contributed by atoms with E-state index in [-0.39, 0.29) is 0 Å². The summed E-state index contributed by atoms with van der Waals surface area (Å²) in [5, 5.41) is 2.40. The van der Waals surface area contributed by atoms with Gasteiger partial charge < -0.3 is 0 Å². The van der Waals surface area contributed by atoms with Gasteiger partial charge in [-0.3, -0.25) is 0 Å². The Hall–Kier alpha value is -4.42. The maximum Gasteiger partial charge on any atom is -0.00143 e. The van der Waals surface area contributed by atoms with E-state index in [1.165, 1.54) is 38.6 Å². The summed E-state index contributed by atoms with van der Waals surface area (Å²) >= 11 is 0. The molecule has 0 aliphatic carbocycles. The van der Waals surface area contributed by atoms with E-state index in [2.05, 4.69) is 131 Å². The zero-order chi connectivity index (χ0) is 26.6. The standard InChI is InChI=1S/C37H36/c1-7-12-21-28(6)34-32-26-18-19-27-33(32)35(30(20-10-4)23-14-9-3)37(31-24-16-15-17-25-31)36(34)29(11-5)22-13-8-2/h7-27H,2-4H2,1,5-6H3/b12-7-,22-13-,23-14-,28-21+,29-11+,30-20+. The fourth-order valence-electron chi connectivity index (χ4n) is 4.67. The Morgan fingerprint density at radius 3 is 1.78 bits per heavy atom. The second kappa shape index (κ2) is 13.6. The third kappa shape index (κ3) is 6.05. The van der Waals surface area contributed by atoms with Gasteiger partial charge in [0.15, 0.2) is 0 Å². The number of rotatable bonds is 10.